The molecule has 1 aliphatic heterocycles. The second kappa shape index (κ2) is 1.47. The lowest BCUT2D eigenvalue weighted by Crippen LogP contribution is -2.54. The molecule has 0 aliphatic carbocycles. The van der Waals surface area contributed by atoms with E-state index in [4.69, 9.17) is 5.73 Å². The molecule has 1 atom stereocenters. The number of amides is 2. The molecular formula is C4H6N2O2. The van der Waals surface area contributed by atoms with Crippen molar-refractivity contribution in [3.05, 3.63) is 0 Å². The van der Waals surface area contributed by atoms with Crippen LogP contribution in [0.5, 0.6) is 0 Å². The number of carbonyl (C=O) groups excluding carboxylic acids is 2. The molecule has 1 saturated heterocycles. The zero-order valence-electron chi connectivity index (χ0n) is 4.18. The monoisotopic (exact) mass is 114 g/mol. The van der Waals surface area contributed by atoms with E-state index >= 15 is 0 Å². The summed E-state index contributed by atoms with van der Waals surface area (Å²) in [7, 11) is 0. The highest BCUT2D eigenvalue weighted by atomic mass is 16.2. The molecule has 0 saturated carbocycles. The lowest BCUT2D eigenvalue weighted by molar-refractivity contribution is -0.139. The third-order valence-electron chi connectivity index (χ3n) is 1.14. The van der Waals surface area contributed by atoms with E-state index in [1.165, 1.54) is 0 Å². The number of hydrogen-bond acceptors (Lipinski definition) is 2. The van der Waals surface area contributed by atoms with Crippen molar-refractivity contribution in [1.29, 1.82) is 0 Å². The van der Waals surface area contributed by atoms with E-state index in [1.54, 1.807) is 0 Å². The first-order chi connectivity index (χ1) is 3.72. The van der Waals surface area contributed by atoms with E-state index in [2.05, 4.69) is 5.32 Å². The van der Waals surface area contributed by atoms with Gasteiger partial charge in [-0.2, -0.15) is 0 Å². The predicted octanol–water partition coefficient (Wildman–Crippen LogP) is -1.78. The summed E-state index contributed by atoms with van der Waals surface area (Å²) in [6, 6.07) is 0. The molecule has 1 heterocycles. The second-order valence-corrected chi connectivity index (χ2v) is 1.70. The summed E-state index contributed by atoms with van der Waals surface area (Å²) < 4.78 is 0. The number of rotatable bonds is 1. The molecule has 0 radical (unpaired) electrons. The lowest BCUT2D eigenvalue weighted by atomic mass is 10.0. The van der Waals surface area contributed by atoms with Crippen LogP contribution >= 0.6 is 0 Å². The highest BCUT2D eigenvalue weighted by molar-refractivity contribution is 6.03. The van der Waals surface area contributed by atoms with Crippen LogP contribution in [0.15, 0.2) is 0 Å². The summed E-state index contributed by atoms with van der Waals surface area (Å²) >= 11 is 0. The summed E-state index contributed by atoms with van der Waals surface area (Å²) in [5, 5.41) is 2.40. The second-order valence-electron chi connectivity index (χ2n) is 1.70. The van der Waals surface area contributed by atoms with E-state index in [0.717, 1.165) is 0 Å². The van der Waals surface area contributed by atoms with Gasteiger partial charge < -0.3 is 11.1 Å². The Morgan fingerprint density at radius 3 is 2.50 bits per heavy atom. The van der Waals surface area contributed by atoms with Crippen LogP contribution in [0.25, 0.3) is 0 Å². The smallest absolute Gasteiger partial charge is 0.234 e. The average Bonchev–Trinajstić information content (AvgIpc) is 1.61. The molecule has 0 aromatic rings. The van der Waals surface area contributed by atoms with Gasteiger partial charge >= 0.3 is 0 Å². The molecule has 4 nitrogen and oxygen atoms in total. The fourth-order valence-corrected chi connectivity index (χ4v) is 0.517. The molecule has 1 rings (SSSR count). The number of hydrogen-bond donors (Lipinski definition) is 2. The highest BCUT2D eigenvalue weighted by Gasteiger charge is 2.32. The SMILES string of the molecule is NC(=O)C1CNC1=O. The first-order valence-corrected chi connectivity index (χ1v) is 2.29. The Hall–Kier alpha value is -1.06. The third kappa shape index (κ3) is 0.538. The Bertz CT molecular complexity index is 135. The summed E-state index contributed by atoms with van der Waals surface area (Å²) in [6.45, 7) is 0.411. The average molecular weight is 114 g/mol. The van der Waals surface area contributed by atoms with Gasteiger partial charge in [0.2, 0.25) is 11.8 Å². The van der Waals surface area contributed by atoms with E-state index in [-0.39, 0.29) is 5.91 Å². The van der Waals surface area contributed by atoms with Crippen LogP contribution in [0.2, 0.25) is 0 Å². The number of β-lactam (4-membered cyclic amide) rings is 1. The van der Waals surface area contributed by atoms with Crippen molar-refractivity contribution in [1.82, 2.24) is 5.32 Å². The van der Waals surface area contributed by atoms with Crippen LogP contribution in [-0.4, -0.2) is 18.4 Å². The first kappa shape index (κ1) is 5.08. The van der Waals surface area contributed by atoms with Crippen LogP contribution in [-0.2, 0) is 9.59 Å². The van der Waals surface area contributed by atoms with Crippen LogP contribution in [0.1, 0.15) is 0 Å². The van der Waals surface area contributed by atoms with Gasteiger partial charge in [0.1, 0.15) is 5.92 Å². The number of nitrogens with one attached hydrogen (secondary N) is 1. The molecule has 1 aliphatic rings. The van der Waals surface area contributed by atoms with Gasteiger partial charge in [-0.25, -0.2) is 0 Å². The van der Waals surface area contributed by atoms with Crippen molar-refractivity contribution >= 4 is 11.8 Å². The molecule has 1 unspecified atom stereocenters. The largest absolute Gasteiger partial charge is 0.369 e. The van der Waals surface area contributed by atoms with Gasteiger partial charge in [0, 0.05) is 6.54 Å². The van der Waals surface area contributed by atoms with Crippen LogP contribution < -0.4 is 11.1 Å². The quantitative estimate of drug-likeness (QED) is 0.312. The third-order valence-corrected chi connectivity index (χ3v) is 1.14. The van der Waals surface area contributed by atoms with Crippen molar-refractivity contribution in [3.8, 4) is 0 Å². The fraction of sp³-hybridized carbons (Fsp3) is 0.500. The molecule has 1 fully saturated rings. The Labute approximate surface area is 46.0 Å². The minimum atomic E-state index is -0.560. The van der Waals surface area contributed by atoms with E-state index in [0.29, 0.717) is 6.54 Å². The fourth-order valence-electron chi connectivity index (χ4n) is 0.517. The zero-order valence-corrected chi connectivity index (χ0v) is 4.18. The Morgan fingerprint density at radius 1 is 1.88 bits per heavy atom. The minimum Gasteiger partial charge on any atom is -0.369 e. The number of primary amides is 1. The van der Waals surface area contributed by atoms with Gasteiger partial charge in [-0.15, -0.1) is 0 Å². The molecule has 3 N–H and O–H groups in total. The molecule has 0 aromatic carbocycles. The van der Waals surface area contributed by atoms with Crippen LogP contribution in [0, 0.1) is 5.92 Å². The Balaban J connectivity index is 2.49. The predicted molar refractivity (Wildman–Crippen MR) is 25.7 cm³/mol. The van der Waals surface area contributed by atoms with Gasteiger partial charge in [-0.05, 0) is 0 Å². The van der Waals surface area contributed by atoms with E-state index in [1.807, 2.05) is 0 Å². The summed E-state index contributed by atoms with van der Waals surface area (Å²) in [4.78, 5) is 20.4. The molecular weight excluding hydrogens is 108 g/mol. The number of nitrogens with two attached hydrogens (primary N) is 1. The van der Waals surface area contributed by atoms with Gasteiger partial charge in [-0.1, -0.05) is 0 Å². The summed E-state index contributed by atoms with van der Waals surface area (Å²) in [5.41, 5.74) is 4.79. The normalized spacial score (nSPS) is 26.0. The highest BCUT2D eigenvalue weighted by Crippen LogP contribution is 2.01. The summed E-state index contributed by atoms with van der Waals surface area (Å²) in [6.07, 6.45) is 0. The maximum atomic E-state index is 10.3. The van der Waals surface area contributed by atoms with Gasteiger partial charge in [0.15, 0.2) is 0 Å². The standard InChI is InChI=1S/C4H6N2O2/c5-3(7)2-1-6-4(2)8/h2H,1H2,(H2,5,7)(H,6,8). The van der Waals surface area contributed by atoms with Crippen molar-refractivity contribution in [2.45, 2.75) is 0 Å². The number of carbonyl (C=O) groups is 2. The van der Waals surface area contributed by atoms with Crippen LogP contribution in [0.4, 0.5) is 0 Å². The molecule has 4 heteroatoms. The maximum absolute atomic E-state index is 10.3. The summed E-state index contributed by atoms with van der Waals surface area (Å²) in [5.74, 6) is -1.35. The van der Waals surface area contributed by atoms with Crippen molar-refractivity contribution < 1.29 is 9.59 Å². The molecule has 0 aromatic heterocycles. The van der Waals surface area contributed by atoms with E-state index < -0.39 is 11.8 Å². The first-order valence-electron chi connectivity index (χ1n) is 2.29. The van der Waals surface area contributed by atoms with Gasteiger partial charge in [-0.3, -0.25) is 9.59 Å². The van der Waals surface area contributed by atoms with Gasteiger partial charge in [0.25, 0.3) is 0 Å². The van der Waals surface area contributed by atoms with Crippen molar-refractivity contribution in [3.63, 3.8) is 0 Å². The van der Waals surface area contributed by atoms with Gasteiger partial charge in [0.05, 0.1) is 0 Å². The molecule has 0 bridgehead atoms. The molecule has 0 spiro atoms. The lowest BCUT2D eigenvalue weighted by Gasteiger charge is -2.21. The van der Waals surface area contributed by atoms with Crippen molar-refractivity contribution in [2.24, 2.45) is 11.7 Å². The Kier molecular flexibility index (Phi) is 0.932. The molecule has 8 heavy (non-hydrogen) atoms. The zero-order chi connectivity index (χ0) is 6.15. The van der Waals surface area contributed by atoms with Crippen molar-refractivity contribution in [2.75, 3.05) is 6.54 Å². The Morgan fingerprint density at radius 2 is 2.50 bits per heavy atom. The minimum absolute atomic E-state index is 0.252. The molecule has 2 amide bonds. The topological polar surface area (TPSA) is 72.2 Å². The molecule has 44 valence electrons. The maximum Gasteiger partial charge on any atom is 0.234 e. The van der Waals surface area contributed by atoms with E-state index in [9.17, 15) is 9.59 Å². The van der Waals surface area contributed by atoms with Crippen LogP contribution in [0.3, 0.4) is 0 Å².